The van der Waals surface area contributed by atoms with E-state index in [2.05, 4.69) is 16.0 Å². The fourth-order valence-corrected chi connectivity index (χ4v) is 4.34. The molecular formula is C23H27F4N5O3. The number of carbonyl (C=O) groups is 3. The van der Waals surface area contributed by atoms with Crippen molar-refractivity contribution >= 4 is 23.4 Å². The summed E-state index contributed by atoms with van der Waals surface area (Å²) in [5.74, 6) is -7.20. The van der Waals surface area contributed by atoms with Crippen LogP contribution >= 0.6 is 0 Å². The highest BCUT2D eigenvalue weighted by molar-refractivity contribution is 5.91. The fourth-order valence-electron chi connectivity index (χ4n) is 4.34. The van der Waals surface area contributed by atoms with Crippen LogP contribution in [0.4, 0.5) is 23.2 Å². The van der Waals surface area contributed by atoms with E-state index in [0.717, 1.165) is 29.5 Å². The van der Waals surface area contributed by atoms with Gasteiger partial charge in [0.1, 0.15) is 29.8 Å². The van der Waals surface area contributed by atoms with Crippen LogP contribution in [0.1, 0.15) is 39.0 Å². The Kier molecular flexibility index (Phi) is 8.19. The van der Waals surface area contributed by atoms with Crippen LogP contribution < -0.4 is 16.0 Å². The van der Waals surface area contributed by atoms with Crippen molar-refractivity contribution in [3.8, 4) is 6.07 Å². The quantitative estimate of drug-likeness (QED) is 0.501. The summed E-state index contributed by atoms with van der Waals surface area (Å²) >= 11 is 0. The number of alkyl halides is 2. The zero-order valence-electron chi connectivity index (χ0n) is 19.1. The lowest BCUT2D eigenvalue weighted by molar-refractivity contribution is -0.153. The number of rotatable bonds is 7. The number of hydrogen-bond donors (Lipinski definition) is 3. The van der Waals surface area contributed by atoms with Crippen molar-refractivity contribution in [3.63, 3.8) is 0 Å². The van der Waals surface area contributed by atoms with Crippen LogP contribution in [0, 0.1) is 28.9 Å². The van der Waals surface area contributed by atoms with Crippen LogP contribution in [0.25, 0.3) is 0 Å². The van der Waals surface area contributed by atoms with Crippen molar-refractivity contribution in [3.05, 3.63) is 29.8 Å². The number of piperidine rings is 2. The number of nitriles is 1. The first-order chi connectivity index (χ1) is 16.5. The minimum atomic E-state index is -3.21. The van der Waals surface area contributed by atoms with Crippen molar-refractivity contribution < 1.29 is 31.9 Å². The Morgan fingerprint density at radius 3 is 2.77 bits per heavy atom. The average Bonchev–Trinajstić information content (AvgIpc) is 2.81. The lowest BCUT2D eigenvalue weighted by Gasteiger charge is -2.40. The SMILES string of the molecule is C[C@H](Nc1cc(F)ccc1F)C(=O)N1CCC(F)(F)C[C@H]1C(=O)N[C@H](C#N)C[C@@H]1CCCNC1=O. The highest BCUT2D eigenvalue weighted by Gasteiger charge is 2.46. The van der Waals surface area contributed by atoms with Crippen LogP contribution in [-0.4, -0.2) is 59.8 Å². The van der Waals surface area contributed by atoms with Gasteiger partial charge in [-0.25, -0.2) is 17.6 Å². The molecule has 0 radical (unpaired) electrons. The van der Waals surface area contributed by atoms with E-state index in [1.54, 1.807) is 0 Å². The number of amides is 3. The largest absolute Gasteiger partial charge is 0.371 e. The number of benzene rings is 1. The monoisotopic (exact) mass is 497 g/mol. The molecule has 2 saturated heterocycles. The van der Waals surface area contributed by atoms with Gasteiger partial charge < -0.3 is 20.9 Å². The Labute approximate surface area is 200 Å². The molecule has 190 valence electrons. The number of hydrogen-bond acceptors (Lipinski definition) is 5. The molecule has 0 spiro atoms. The summed E-state index contributed by atoms with van der Waals surface area (Å²) in [4.78, 5) is 38.9. The van der Waals surface area contributed by atoms with Gasteiger partial charge in [-0.2, -0.15) is 5.26 Å². The third-order valence-electron chi connectivity index (χ3n) is 6.24. The van der Waals surface area contributed by atoms with Gasteiger partial charge in [0.15, 0.2) is 0 Å². The standard InChI is InChI=1S/C23H27F4N5O3/c1-13(30-18-10-15(24)4-5-17(18)25)22(35)32-8-6-23(26,27)11-19(32)21(34)31-16(12-28)9-14-3-2-7-29-20(14)33/h4-5,10,13-14,16,19,30H,2-3,6-9,11H2,1H3,(H,29,33)(H,31,34)/t13-,14-,16-,19-/m0/s1. The Balaban J connectivity index is 1.72. The van der Waals surface area contributed by atoms with Crippen molar-refractivity contribution in [1.29, 1.82) is 5.26 Å². The summed E-state index contributed by atoms with van der Waals surface area (Å²) in [5, 5.41) is 17.1. The smallest absolute Gasteiger partial charge is 0.252 e. The predicted molar refractivity (Wildman–Crippen MR) is 117 cm³/mol. The fraction of sp³-hybridized carbons (Fsp3) is 0.565. The normalized spacial score (nSPS) is 23.4. The van der Waals surface area contributed by atoms with Gasteiger partial charge in [0.2, 0.25) is 17.7 Å². The van der Waals surface area contributed by atoms with E-state index >= 15 is 0 Å². The second-order valence-corrected chi connectivity index (χ2v) is 8.90. The number of anilines is 1. The number of halogens is 4. The summed E-state index contributed by atoms with van der Waals surface area (Å²) in [6, 6.07) is 0.663. The van der Waals surface area contributed by atoms with Gasteiger partial charge in [0, 0.05) is 31.8 Å². The van der Waals surface area contributed by atoms with E-state index in [4.69, 9.17) is 0 Å². The van der Waals surface area contributed by atoms with Crippen molar-refractivity contribution in [1.82, 2.24) is 15.5 Å². The van der Waals surface area contributed by atoms with Crippen LogP contribution in [-0.2, 0) is 14.4 Å². The molecule has 1 aromatic carbocycles. The molecule has 2 aliphatic heterocycles. The molecule has 12 heteroatoms. The zero-order valence-corrected chi connectivity index (χ0v) is 19.1. The number of nitrogens with zero attached hydrogens (tertiary/aromatic N) is 2. The Hall–Kier alpha value is -3.36. The molecule has 2 aliphatic rings. The lowest BCUT2D eigenvalue weighted by atomic mass is 9.91. The summed E-state index contributed by atoms with van der Waals surface area (Å²) < 4.78 is 55.8. The Morgan fingerprint density at radius 1 is 1.34 bits per heavy atom. The van der Waals surface area contributed by atoms with Crippen molar-refractivity contribution in [2.24, 2.45) is 5.92 Å². The van der Waals surface area contributed by atoms with Gasteiger partial charge in [0.25, 0.3) is 5.92 Å². The molecule has 4 atom stereocenters. The predicted octanol–water partition coefficient (Wildman–Crippen LogP) is 2.32. The van der Waals surface area contributed by atoms with Crippen LogP contribution in [0.5, 0.6) is 0 Å². The molecule has 0 bridgehead atoms. The van der Waals surface area contributed by atoms with E-state index < -0.39 is 72.8 Å². The number of nitrogens with one attached hydrogen (secondary N) is 3. The molecule has 35 heavy (non-hydrogen) atoms. The van der Waals surface area contributed by atoms with Gasteiger partial charge in [-0.1, -0.05) is 0 Å². The van der Waals surface area contributed by atoms with E-state index in [0.29, 0.717) is 13.0 Å². The molecular weight excluding hydrogens is 470 g/mol. The first-order valence-electron chi connectivity index (χ1n) is 11.4. The molecule has 2 fully saturated rings. The Bertz CT molecular complexity index is 1020. The third-order valence-corrected chi connectivity index (χ3v) is 6.24. The van der Waals surface area contributed by atoms with Gasteiger partial charge in [-0.15, -0.1) is 0 Å². The van der Waals surface area contributed by atoms with Crippen molar-refractivity contribution in [2.45, 2.75) is 63.1 Å². The second-order valence-electron chi connectivity index (χ2n) is 8.90. The molecule has 3 N–H and O–H groups in total. The van der Waals surface area contributed by atoms with E-state index in [1.807, 2.05) is 6.07 Å². The van der Waals surface area contributed by atoms with Gasteiger partial charge in [0.05, 0.1) is 11.8 Å². The van der Waals surface area contributed by atoms with Gasteiger partial charge >= 0.3 is 0 Å². The van der Waals surface area contributed by atoms with E-state index in [-0.39, 0.29) is 18.0 Å². The summed E-state index contributed by atoms with van der Waals surface area (Å²) in [6.45, 7) is 1.43. The average molecular weight is 497 g/mol. The molecule has 2 heterocycles. The highest BCUT2D eigenvalue weighted by atomic mass is 19.3. The van der Waals surface area contributed by atoms with Gasteiger partial charge in [-0.3, -0.25) is 14.4 Å². The van der Waals surface area contributed by atoms with Crippen LogP contribution in [0.2, 0.25) is 0 Å². The summed E-state index contributed by atoms with van der Waals surface area (Å²) in [7, 11) is 0. The summed E-state index contributed by atoms with van der Waals surface area (Å²) in [5.41, 5.74) is -0.288. The van der Waals surface area contributed by atoms with Gasteiger partial charge in [-0.05, 0) is 44.4 Å². The number of carbonyl (C=O) groups excluding carboxylic acids is 3. The maximum absolute atomic E-state index is 14.2. The molecule has 1 aromatic rings. The summed E-state index contributed by atoms with van der Waals surface area (Å²) in [6.07, 6.45) is -0.356. The maximum atomic E-state index is 14.2. The molecule has 0 aliphatic carbocycles. The molecule has 8 nitrogen and oxygen atoms in total. The molecule has 0 aromatic heterocycles. The second kappa shape index (κ2) is 10.9. The Morgan fingerprint density at radius 2 is 2.09 bits per heavy atom. The zero-order chi connectivity index (χ0) is 25.8. The molecule has 3 rings (SSSR count). The molecule has 0 saturated carbocycles. The lowest BCUT2D eigenvalue weighted by Crippen LogP contribution is -2.59. The highest BCUT2D eigenvalue weighted by Crippen LogP contribution is 2.33. The molecule has 0 unspecified atom stereocenters. The minimum Gasteiger partial charge on any atom is -0.371 e. The topological polar surface area (TPSA) is 114 Å². The van der Waals surface area contributed by atoms with Crippen LogP contribution in [0.15, 0.2) is 18.2 Å². The van der Waals surface area contributed by atoms with Crippen molar-refractivity contribution in [2.75, 3.05) is 18.4 Å². The third kappa shape index (κ3) is 6.61. The first-order valence-corrected chi connectivity index (χ1v) is 11.4. The van der Waals surface area contributed by atoms with E-state index in [1.165, 1.54) is 6.92 Å². The van der Waals surface area contributed by atoms with E-state index in [9.17, 15) is 37.2 Å². The minimum absolute atomic E-state index is 0.0158. The first kappa shape index (κ1) is 26.2. The number of likely N-dealkylation sites (tertiary alicyclic amines) is 1. The molecule has 3 amide bonds. The van der Waals surface area contributed by atoms with Crippen LogP contribution in [0.3, 0.4) is 0 Å². The maximum Gasteiger partial charge on any atom is 0.252 e.